The average molecular weight is 300 g/mol. The van der Waals surface area contributed by atoms with Gasteiger partial charge in [-0.25, -0.2) is 0 Å². The van der Waals surface area contributed by atoms with Crippen molar-refractivity contribution >= 4 is 11.1 Å². The van der Waals surface area contributed by atoms with Gasteiger partial charge in [-0.05, 0) is 60.1 Å². The van der Waals surface area contributed by atoms with E-state index in [4.69, 9.17) is 0 Å². The van der Waals surface area contributed by atoms with Crippen molar-refractivity contribution < 1.29 is 0 Å². The van der Waals surface area contributed by atoms with Crippen LogP contribution in [-0.4, -0.2) is 0 Å². The van der Waals surface area contributed by atoms with E-state index in [2.05, 4.69) is 76.2 Å². The van der Waals surface area contributed by atoms with Gasteiger partial charge in [0.1, 0.15) is 0 Å². The third-order valence-electron chi connectivity index (χ3n) is 5.99. The van der Waals surface area contributed by atoms with Crippen LogP contribution in [0.1, 0.15) is 49.9 Å². The molecule has 2 aromatic carbocycles. The van der Waals surface area contributed by atoms with E-state index in [1.54, 1.807) is 11.1 Å². The highest BCUT2D eigenvalue weighted by Crippen LogP contribution is 2.50. The number of hydrogen-bond acceptors (Lipinski definition) is 0. The van der Waals surface area contributed by atoms with Crippen LogP contribution in [0, 0.1) is 5.41 Å². The summed E-state index contributed by atoms with van der Waals surface area (Å²) < 4.78 is 0. The molecule has 0 atom stereocenters. The maximum Gasteiger partial charge on any atom is 0.00825 e. The van der Waals surface area contributed by atoms with Gasteiger partial charge < -0.3 is 0 Å². The SMILES string of the molecule is CC1=C(C(C)(C)C2=C(C)c3ccccc3C2)Cc2ccccc21. The summed E-state index contributed by atoms with van der Waals surface area (Å²) >= 11 is 0. The van der Waals surface area contributed by atoms with Crippen molar-refractivity contribution in [3.05, 3.63) is 81.9 Å². The monoisotopic (exact) mass is 300 g/mol. The van der Waals surface area contributed by atoms with E-state index >= 15 is 0 Å². The fourth-order valence-corrected chi connectivity index (χ4v) is 4.61. The van der Waals surface area contributed by atoms with Gasteiger partial charge in [0.2, 0.25) is 0 Å². The lowest BCUT2D eigenvalue weighted by molar-refractivity contribution is 0.522. The molecule has 0 N–H and O–H groups in total. The first-order valence-electron chi connectivity index (χ1n) is 8.57. The van der Waals surface area contributed by atoms with Gasteiger partial charge in [0.15, 0.2) is 0 Å². The Morgan fingerprint density at radius 2 is 1.04 bits per heavy atom. The summed E-state index contributed by atoms with van der Waals surface area (Å²) in [5.41, 5.74) is 12.2. The van der Waals surface area contributed by atoms with Gasteiger partial charge in [-0.2, -0.15) is 0 Å². The van der Waals surface area contributed by atoms with Crippen LogP contribution in [0.3, 0.4) is 0 Å². The quantitative estimate of drug-likeness (QED) is 0.631. The highest BCUT2D eigenvalue weighted by molar-refractivity contribution is 5.81. The minimum atomic E-state index is 0.117. The van der Waals surface area contributed by atoms with Crippen LogP contribution < -0.4 is 0 Å². The first-order valence-corrected chi connectivity index (χ1v) is 8.57. The topological polar surface area (TPSA) is 0 Å². The van der Waals surface area contributed by atoms with E-state index in [0.717, 1.165) is 12.8 Å². The molecule has 0 bridgehead atoms. The Balaban J connectivity index is 1.79. The Labute approximate surface area is 139 Å². The first kappa shape index (κ1) is 14.5. The van der Waals surface area contributed by atoms with Gasteiger partial charge in [-0.15, -0.1) is 0 Å². The molecule has 0 amide bonds. The molecule has 0 aromatic heterocycles. The fraction of sp³-hybridized carbons (Fsp3) is 0.304. The van der Waals surface area contributed by atoms with E-state index in [9.17, 15) is 0 Å². The number of hydrogen-bond donors (Lipinski definition) is 0. The van der Waals surface area contributed by atoms with Crippen molar-refractivity contribution in [1.29, 1.82) is 0 Å². The molecule has 0 nitrogen and oxygen atoms in total. The molecule has 2 aromatic rings. The summed E-state index contributed by atoms with van der Waals surface area (Å²) in [6, 6.07) is 17.8. The van der Waals surface area contributed by atoms with Gasteiger partial charge in [0, 0.05) is 5.41 Å². The van der Waals surface area contributed by atoms with Crippen LogP contribution in [0.5, 0.6) is 0 Å². The van der Waals surface area contributed by atoms with E-state index in [-0.39, 0.29) is 5.41 Å². The molecule has 0 unspecified atom stereocenters. The molecule has 0 aliphatic heterocycles. The molecule has 2 aliphatic carbocycles. The lowest BCUT2D eigenvalue weighted by atomic mass is 9.73. The highest BCUT2D eigenvalue weighted by Gasteiger charge is 2.36. The highest BCUT2D eigenvalue weighted by atomic mass is 14.4. The zero-order chi connectivity index (χ0) is 16.2. The Morgan fingerprint density at radius 3 is 1.43 bits per heavy atom. The molecule has 0 saturated carbocycles. The molecule has 0 heterocycles. The van der Waals surface area contributed by atoms with Crippen LogP contribution in [0.2, 0.25) is 0 Å². The predicted molar refractivity (Wildman–Crippen MR) is 99.3 cm³/mol. The second-order valence-corrected chi connectivity index (χ2v) is 7.50. The molecule has 4 rings (SSSR count). The lowest BCUT2D eigenvalue weighted by Crippen LogP contribution is -2.20. The van der Waals surface area contributed by atoms with E-state index < -0.39 is 0 Å². The van der Waals surface area contributed by atoms with Crippen LogP contribution in [-0.2, 0) is 12.8 Å². The Bertz CT molecular complexity index is 788. The van der Waals surface area contributed by atoms with Crippen molar-refractivity contribution in [2.75, 3.05) is 0 Å². The molecule has 0 radical (unpaired) electrons. The molecule has 0 heteroatoms. The molecule has 116 valence electrons. The fourth-order valence-electron chi connectivity index (χ4n) is 4.61. The van der Waals surface area contributed by atoms with E-state index in [1.807, 2.05) is 0 Å². The summed E-state index contributed by atoms with van der Waals surface area (Å²) in [6.45, 7) is 9.45. The molecular weight excluding hydrogens is 276 g/mol. The predicted octanol–water partition coefficient (Wildman–Crippen LogP) is 6.07. The van der Waals surface area contributed by atoms with Crippen molar-refractivity contribution in [1.82, 2.24) is 0 Å². The number of fused-ring (bicyclic) bond motifs is 2. The number of benzene rings is 2. The lowest BCUT2D eigenvalue weighted by Gasteiger charge is -2.31. The van der Waals surface area contributed by atoms with Crippen molar-refractivity contribution in [2.45, 2.75) is 40.5 Å². The molecule has 0 fully saturated rings. The van der Waals surface area contributed by atoms with Crippen LogP contribution in [0.4, 0.5) is 0 Å². The van der Waals surface area contributed by atoms with E-state index in [1.165, 1.54) is 33.4 Å². The molecule has 2 aliphatic rings. The van der Waals surface area contributed by atoms with Gasteiger partial charge in [-0.1, -0.05) is 73.5 Å². The Morgan fingerprint density at radius 1 is 0.652 bits per heavy atom. The third-order valence-corrected chi connectivity index (χ3v) is 5.99. The van der Waals surface area contributed by atoms with E-state index in [0.29, 0.717) is 0 Å². The average Bonchev–Trinajstić information content (AvgIpc) is 3.07. The molecule has 0 saturated heterocycles. The summed E-state index contributed by atoms with van der Waals surface area (Å²) in [4.78, 5) is 0. The summed E-state index contributed by atoms with van der Waals surface area (Å²) in [7, 11) is 0. The maximum absolute atomic E-state index is 2.42. The minimum Gasteiger partial charge on any atom is -0.0619 e. The summed E-state index contributed by atoms with van der Waals surface area (Å²) in [5.74, 6) is 0. The zero-order valence-corrected chi connectivity index (χ0v) is 14.5. The smallest absolute Gasteiger partial charge is 0.00825 e. The standard InChI is InChI=1S/C23H24/c1-15-19-11-7-5-9-17(19)13-21(15)23(3,4)22-14-18-10-6-8-12-20(18)16(22)2/h5-12H,13-14H2,1-4H3. The first-order chi connectivity index (χ1) is 11.0. The van der Waals surface area contributed by atoms with Gasteiger partial charge in [-0.3, -0.25) is 0 Å². The van der Waals surface area contributed by atoms with Gasteiger partial charge >= 0.3 is 0 Å². The molecule has 0 spiro atoms. The zero-order valence-electron chi connectivity index (χ0n) is 14.5. The van der Waals surface area contributed by atoms with Crippen molar-refractivity contribution in [2.24, 2.45) is 5.41 Å². The molecule has 23 heavy (non-hydrogen) atoms. The van der Waals surface area contributed by atoms with Crippen molar-refractivity contribution in [3.8, 4) is 0 Å². The largest absolute Gasteiger partial charge is 0.0619 e. The van der Waals surface area contributed by atoms with Crippen LogP contribution >= 0.6 is 0 Å². The Kier molecular flexibility index (Phi) is 3.13. The third kappa shape index (κ3) is 2.05. The van der Waals surface area contributed by atoms with Gasteiger partial charge in [0.25, 0.3) is 0 Å². The normalized spacial score (nSPS) is 16.9. The summed E-state index contributed by atoms with van der Waals surface area (Å²) in [6.07, 6.45) is 2.20. The second kappa shape index (κ2) is 4.96. The van der Waals surface area contributed by atoms with Crippen molar-refractivity contribution in [3.63, 3.8) is 0 Å². The maximum atomic E-state index is 2.42. The second-order valence-electron chi connectivity index (χ2n) is 7.50. The molecular formula is C23H24. The summed E-state index contributed by atoms with van der Waals surface area (Å²) in [5, 5.41) is 0. The minimum absolute atomic E-state index is 0.117. The number of rotatable bonds is 2. The Hall–Kier alpha value is -2.08. The van der Waals surface area contributed by atoms with Crippen LogP contribution in [0.15, 0.2) is 59.7 Å². The number of allylic oxidation sites excluding steroid dienone is 4. The van der Waals surface area contributed by atoms with Gasteiger partial charge in [0.05, 0.1) is 0 Å². The van der Waals surface area contributed by atoms with Crippen LogP contribution in [0.25, 0.3) is 11.1 Å².